The van der Waals surface area contributed by atoms with Crippen molar-refractivity contribution >= 4 is 18.1 Å². The van der Waals surface area contributed by atoms with Gasteiger partial charge < -0.3 is 0 Å². The van der Waals surface area contributed by atoms with Gasteiger partial charge in [-0.15, -0.1) is 0 Å². The van der Waals surface area contributed by atoms with Crippen LogP contribution in [0.25, 0.3) is 34.7 Å². The first-order chi connectivity index (χ1) is 17.5. The maximum absolute atomic E-state index is 4.69. The van der Waals surface area contributed by atoms with Gasteiger partial charge >= 0.3 is 224 Å². The number of fused-ring (bicyclic) bond motifs is 2. The molecule has 4 aromatic rings. The Bertz CT molecular complexity index is 1380. The Morgan fingerprint density at radius 3 is 1.47 bits per heavy atom. The zero-order chi connectivity index (χ0) is 24.8. The van der Waals surface area contributed by atoms with E-state index in [2.05, 4.69) is 99.8 Å². The van der Waals surface area contributed by atoms with Gasteiger partial charge in [-0.2, -0.15) is 0 Å². The summed E-state index contributed by atoms with van der Waals surface area (Å²) in [6, 6.07) is 26.3. The zero-order valence-corrected chi connectivity index (χ0v) is 25.0. The van der Waals surface area contributed by atoms with Crippen molar-refractivity contribution in [2.75, 3.05) is 0 Å². The zero-order valence-electron chi connectivity index (χ0n) is 21.4. The molecule has 2 atom stereocenters. The van der Waals surface area contributed by atoms with Crippen LogP contribution in [0.4, 0.5) is 0 Å². The Kier molecular flexibility index (Phi) is 6.35. The molecule has 36 heavy (non-hydrogen) atoms. The van der Waals surface area contributed by atoms with Gasteiger partial charge in [0.1, 0.15) is 0 Å². The molecule has 0 N–H and O–H groups in total. The Morgan fingerprint density at radius 1 is 0.611 bits per heavy atom. The van der Waals surface area contributed by atoms with E-state index >= 15 is 0 Å². The van der Waals surface area contributed by atoms with E-state index < -0.39 is 26.8 Å². The molecule has 4 heteroatoms. The molecule has 2 unspecified atom stereocenters. The van der Waals surface area contributed by atoms with E-state index in [0.29, 0.717) is 7.25 Å². The van der Waals surface area contributed by atoms with Gasteiger partial charge in [0.2, 0.25) is 0 Å². The molecular weight excluding hydrogens is 532 g/mol. The van der Waals surface area contributed by atoms with Crippen molar-refractivity contribution in [3.05, 3.63) is 119 Å². The maximum atomic E-state index is 4.69. The molecular formula is C32H31N2SiZr. The van der Waals surface area contributed by atoms with Crippen molar-refractivity contribution in [2.24, 2.45) is 0 Å². The minimum atomic E-state index is -2.05. The van der Waals surface area contributed by atoms with Crippen molar-refractivity contribution in [2.45, 2.75) is 34.2 Å². The van der Waals surface area contributed by atoms with Gasteiger partial charge in [0.15, 0.2) is 0 Å². The van der Waals surface area contributed by atoms with Gasteiger partial charge in [-0.1, -0.05) is 0 Å². The van der Waals surface area contributed by atoms with Crippen LogP contribution >= 0.6 is 0 Å². The molecule has 2 heterocycles. The predicted molar refractivity (Wildman–Crippen MR) is 151 cm³/mol. The van der Waals surface area contributed by atoms with Crippen LogP contribution < -0.4 is 0 Å². The third-order valence-electron chi connectivity index (χ3n) is 7.77. The number of benzene rings is 2. The Balaban J connectivity index is 1.47. The average molecular weight is 563 g/mol. The number of aromatic nitrogens is 2. The van der Waals surface area contributed by atoms with E-state index in [4.69, 9.17) is 9.97 Å². The fourth-order valence-corrected chi connectivity index (χ4v) is 29.5. The topological polar surface area (TPSA) is 25.8 Å². The van der Waals surface area contributed by atoms with Crippen molar-refractivity contribution in [1.29, 1.82) is 0 Å². The summed E-state index contributed by atoms with van der Waals surface area (Å²) in [5.74, 6) is -0.882. The van der Waals surface area contributed by atoms with Gasteiger partial charge in [-0.05, 0) is 0 Å². The van der Waals surface area contributed by atoms with Gasteiger partial charge in [0, 0.05) is 0 Å². The molecule has 6 rings (SSSR count). The molecule has 0 saturated heterocycles. The van der Waals surface area contributed by atoms with Crippen LogP contribution in [0.1, 0.15) is 43.4 Å². The van der Waals surface area contributed by atoms with Gasteiger partial charge in [0.25, 0.3) is 0 Å². The standard InChI is InChI=1S/2C15H12N.C2H7Si.Zr/c2*1-11-9-12-5-4-6-13(14(12)10-11)15-7-2-3-8-16-15;1-3-2;/h2*2-10H,1H3;3H,1-2H3;. The third kappa shape index (κ3) is 3.96. The normalized spacial score (nSPS) is 18.0. The van der Waals surface area contributed by atoms with Crippen LogP contribution in [0.3, 0.4) is 0 Å². The molecule has 0 radical (unpaired) electrons. The second kappa shape index (κ2) is 9.65. The number of rotatable bonds is 5. The molecule has 2 aliphatic rings. The molecule has 0 fully saturated rings. The Morgan fingerprint density at radius 2 is 1.08 bits per heavy atom. The van der Waals surface area contributed by atoms with Crippen molar-refractivity contribution < 1.29 is 20.9 Å². The van der Waals surface area contributed by atoms with Crippen LogP contribution in [0.15, 0.2) is 96.3 Å². The van der Waals surface area contributed by atoms with Gasteiger partial charge in [-0.25, -0.2) is 0 Å². The van der Waals surface area contributed by atoms with Crippen LogP contribution in [0, 0.1) is 0 Å². The predicted octanol–water partition coefficient (Wildman–Crippen LogP) is 8.03. The molecule has 0 spiro atoms. The van der Waals surface area contributed by atoms with Crippen molar-refractivity contribution in [1.82, 2.24) is 9.97 Å². The quantitative estimate of drug-likeness (QED) is 0.230. The van der Waals surface area contributed by atoms with Crippen LogP contribution in [0.5, 0.6) is 0 Å². The van der Waals surface area contributed by atoms with E-state index in [1.807, 2.05) is 24.5 Å². The molecule has 2 aromatic heterocycles. The number of pyridine rings is 2. The van der Waals surface area contributed by atoms with E-state index in [9.17, 15) is 0 Å². The van der Waals surface area contributed by atoms with Crippen LogP contribution in [-0.2, 0) is 20.9 Å². The van der Waals surface area contributed by atoms with E-state index in [1.165, 1.54) is 22.3 Å². The summed E-state index contributed by atoms with van der Waals surface area (Å²) in [5, 5.41) is 0. The summed E-state index contributed by atoms with van der Waals surface area (Å²) in [5.41, 5.74) is 13.8. The third-order valence-corrected chi connectivity index (χ3v) is 29.9. The minimum absolute atomic E-state index is 0.635. The van der Waals surface area contributed by atoms with Crippen molar-refractivity contribution in [3.8, 4) is 22.5 Å². The number of hydrogen-bond donors (Lipinski definition) is 0. The van der Waals surface area contributed by atoms with Crippen LogP contribution in [-0.4, -0.2) is 15.9 Å². The number of nitrogens with zero attached hydrogens (tertiary/aromatic N) is 2. The van der Waals surface area contributed by atoms with Gasteiger partial charge in [-0.3, -0.25) is 0 Å². The van der Waals surface area contributed by atoms with Crippen molar-refractivity contribution in [3.63, 3.8) is 0 Å². The molecule has 0 aliphatic heterocycles. The first-order valence-corrected chi connectivity index (χ1v) is 22.8. The first-order valence-electron chi connectivity index (χ1n) is 12.9. The summed E-state index contributed by atoms with van der Waals surface area (Å²) in [7, 11) is 0. The summed E-state index contributed by atoms with van der Waals surface area (Å²) >= 11 is -2.05. The van der Waals surface area contributed by atoms with Gasteiger partial charge in [0.05, 0.1) is 0 Å². The Hall–Kier alpha value is -2.68. The van der Waals surface area contributed by atoms with E-state index in [1.54, 1.807) is 22.3 Å². The van der Waals surface area contributed by atoms with E-state index in [0.717, 1.165) is 11.4 Å². The molecule has 0 saturated carbocycles. The molecule has 2 aromatic carbocycles. The summed E-state index contributed by atoms with van der Waals surface area (Å²) < 4.78 is 1.27. The Labute approximate surface area is 223 Å². The number of allylic oxidation sites excluding steroid dienone is 2. The molecule has 0 bridgehead atoms. The molecule has 2 nitrogen and oxygen atoms in total. The summed E-state index contributed by atoms with van der Waals surface area (Å²) in [6.07, 6.45) is 8.78. The van der Waals surface area contributed by atoms with E-state index in [-0.39, 0.29) is 0 Å². The molecule has 0 amide bonds. The molecule has 177 valence electrons. The second-order valence-electron chi connectivity index (χ2n) is 10.3. The first kappa shape index (κ1) is 23.7. The number of hydrogen-bond acceptors (Lipinski definition) is 2. The second-order valence-corrected chi connectivity index (χ2v) is 30.4. The summed E-state index contributed by atoms with van der Waals surface area (Å²) in [4.78, 5) is 9.39. The van der Waals surface area contributed by atoms with Crippen LogP contribution in [0.2, 0.25) is 13.1 Å². The fraction of sp³-hybridized carbons (Fsp3) is 0.188. The average Bonchev–Trinajstić information content (AvgIpc) is 3.41. The molecule has 2 aliphatic carbocycles. The SMILES string of the molecule is CC1=Cc2c(-c3ccccn3)cccc2[CH]1[Zr]([CH]1C(C)=Cc2c(-c3ccccn3)cccc21)[SiH](C)C. The monoisotopic (exact) mass is 561 g/mol. The summed E-state index contributed by atoms with van der Waals surface area (Å²) in [6.45, 7) is 10.0. The fourth-order valence-electron chi connectivity index (χ4n) is 6.31.